The highest BCUT2D eigenvalue weighted by Crippen LogP contribution is 2.42. The Bertz CT molecular complexity index is 1060. The van der Waals surface area contributed by atoms with E-state index in [1.54, 1.807) is 0 Å². The number of aryl methyl sites for hydroxylation is 1. The third-order valence-corrected chi connectivity index (χ3v) is 5.13. The van der Waals surface area contributed by atoms with E-state index in [4.69, 9.17) is 4.74 Å². The van der Waals surface area contributed by atoms with Gasteiger partial charge in [0.05, 0.1) is 28.8 Å². The van der Waals surface area contributed by atoms with E-state index in [2.05, 4.69) is 5.32 Å². The number of nitro benzene ring substituents is 1. The Kier molecular flexibility index (Phi) is 5.75. The molecule has 0 spiro atoms. The second-order valence-electron chi connectivity index (χ2n) is 7.17. The highest BCUT2D eigenvalue weighted by atomic mass is 19.3. The molecule has 2 N–H and O–H groups in total. The summed E-state index contributed by atoms with van der Waals surface area (Å²) in [6, 6.07) is 2.04. The van der Waals surface area contributed by atoms with Crippen LogP contribution < -0.4 is 10.9 Å². The molecule has 0 unspecified atom stereocenters. The van der Waals surface area contributed by atoms with E-state index in [-0.39, 0.29) is 28.9 Å². The molecule has 1 aromatic carbocycles. The largest absolute Gasteiger partial charge is 0.462 e. The molecular formula is C19H21F2N3O6. The number of nitrogens with one attached hydrogen (secondary N) is 1. The molecule has 11 heteroatoms. The number of pyridine rings is 1. The van der Waals surface area contributed by atoms with Crippen LogP contribution in [0.2, 0.25) is 0 Å². The Morgan fingerprint density at radius 2 is 2.13 bits per heavy atom. The lowest BCUT2D eigenvalue weighted by atomic mass is 10.0. The number of fused-ring (bicyclic) bond motifs is 1. The van der Waals surface area contributed by atoms with Crippen molar-refractivity contribution in [1.29, 1.82) is 0 Å². The van der Waals surface area contributed by atoms with Crippen LogP contribution in [0.15, 0.2) is 23.0 Å². The molecule has 1 aliphatic rings. The number of rotatable bonds is 8. The van der Waals surface area contributed by atoms with Crippen molar-refractivity contribution in [2.24, 2.45) is 13.0 Å². The van der Waals surface area contributed by atoms with Gasteiger partial charge < -0.3 is 19.7 Å². The van der Waals surface area contributed by atoms with E-state index in [0.29, 0.717) is 12.8 Å². The topological polar surface area (TPSA) is 124 Å². The maximum atomic E-state index is 14.4. The zero-order chi connectivity index (χ0) is 22.2. The third kappa shape index (κ3) is 3.84. The van der Waals surface area contributed by atoms with Crippen LogP contribution in [0.1, 0.15) is 30.1 Å². The van der Waals surface area contributed by atoms with Gasteiger partial charge >= 0.3 is 5.97 Å². The number of alkyl halides is 2. The average Bonchev–Trinajstić information content (AvgIpc) is 3.53. The van der Waals surface area contributed by atoms with Crippen LogP contribution in [-0.2, 0) is 11.8 Å². The van der Waals surface area contributed by atoms with Crippen molar-refractivity contribution in [3.63, 3.8) is 0 Å². The molecule has 1 atom stereocenters. The zero-order valence-corrected chi connectivity index (χ0v) is 16.4. The van der Waals surface area contributed by atoms with Crippen LogP contribution in [0, 0.1) is 16.0 Å². The van der Waals surface area contributed by atoms with Gasteiger partial charge in [0.25, 0.3) is 17.2 Å². The van der Waals surface area contributed by atoms with E-state index in [1.165, 1.54) is 26.1 Å². The quantitative estimate of drug-likeness (QED) is 0.378. The van der Waals surface area contributed by atoms with E-state index >= 15 is 0 Å². The number of ether oxygens (including phenoxy) is 1. The summed E-state index contributed by atoms with van der Waals surface area (Å²) in [6.07, 6.45) is 0.954. The number of benzene rings is 1. The summed E-state index contributed by atoms with van der Waals surface area (Å²) in [7, 11) is 1.36. The molecule has 2 aromatic rings. The Labute approximate surface area is 169 Å². The van der Waals surface area contributed by atoms with Gasteiger partial charge in [0.15, 0.2) is 0 Å². The number of hydrogen-bond donors (Lipinski definition) is 2. The van der Waals surface area contributed by atoms with Gasteiger partial charge in [-0.2, -0.15) is 0 Å². The second kappa shape index (κ2) is 7.98. The van der Waals surface area contributed by atoms with Crippen molar-refractivity contribution >= 4 is 28.2 Å². The number of halogens is 2. The fourth-order valence-corrected chi connectivity index (χ4v) is 3.44. The first-order valence-corrected chi connectivity index (χ1v) is 9.35. The maximum absolute atomic E-state index is 14.4. The number of nitro groups is 1. The van der Waals surface area contributed by atoms with E-state index in [0.717, 1.165) is 10.6 Å². The molecule has 0 aliphatic heterocycles. The van der Waals surface area contributed by atoms with Gasteiger partial charge in [-0.3, -0.25) is 14.9 Å². The fourth-order valence-electron chi connectivity index (χ4n) is 3.44. The highest BCUT2D eigenvalue weighted by molar-refractivity contribution is 6.05. The van der Waals surface area contributed by atoms with Crippen molar-refractivity contribution in [1.82, 2.24) is 4.57 Å². The number of non-ortho nitro benzene ring substituents is 1. The van der Waals surface area contributed by atoms with Gasteiger partial charge in [-0.15, -0.1) is 0 Å². The highest BCUT2D eigenvalue weighted by Gasteiger charge is 2.48. The summed E-state index contributed by atoms with van der Waals surface area (Å²) in [5, 5.41) is 23.0. The predicted octanol–water partition coefficient (Wildman–Crippen LogP) is 2.44. The number of hydrogen-bond acceptors (Lipinski definition) is 7. The summed E-state index contributed by atoms with van der Waals surface area (Å²) >= 11 is 0. The van der Waals surface area contributed by atoms with Crippen LogP contribution in [0.5, 0.6) is 0 Å². The van der Waals surface area contributed by atoms with Gasteiger partial charge in [0.2, 0.25) is 0 Å². The summed E-state index contributed by atoms with van der Waals surface area (Å²) < 4.78 is 34.9. The molecule has 1 fully saturated rings. The molecule has 0 amide bonds. The summed E-state index contributed by atoms with van der Waals surface area (Å²) in [6.45, 7) is 0.0281. The number of carbonyl (C=O) groups excluding carboxylic acids is 1. The summed E-state index contributed by atoms with van der Waals surface area (Å²) in [5.74, 6) is -5.06. The molecule has 162 valence electrons. The molecule has 9 nitrogen and oxygen atoms in total. The SMILES string of the molecule is CCOC(=O)c1c(N[C@@H](C2CC2)C(F)(F)CO)c2cc([N+](=O)[O-])ccc2n(C)c1=O. The van der Waals surface area contributed by atoms with Gasteiger partial charge in [0.1, 0.15) is 12.2 Å². The fraction of sp³-hybridized carbons (Fsp3) is 0.474. The van der Waals surface area contributed by atoms with Crippen molar-refractivity contribution in [2.75, 3.05) is 18.5 Å². The van der Waals surface area contributed by atoms with Crippen molar-refractivity contribution < 1.29 is 28.3 Å². The summed E-state index contributed by atoms with van der Waals surface area (Å²) in [4.78, 5) is 36.0. The smallest absolute Gasteiger partial charge is 0.345 e. The monoisotopic (exact) mass is 425 g/mol. The second-order valence-corrected chi connectivity index (χ2v) is 7.17. The number of aliphatic hydroxyl groups excluding tert-OH is 1. The van der Waals surface area contributed by atoms with Crippen LogP contribution in [-0.4, -0.2) is 45.7 Å². The van der Waals surface area contributed by atoms with Crippen LogP contribution >= 0.6 is 0 Å². The van der Waals surface area contributed by atoms with Crippen molar-refractivity contribution in [3.8, 4) is 0 Å². The Morgan fingerprint density at radius 3 is 2.67 bits per heavy atom. The minimum Gasteiger partial charge on any atom is -0.462 e. The van der Waals surface area contributed by atoms with Crippen molar-refractivity contribution in [3.05, 3.63) is 44.2 Å². The maximum Gasteiger partial charge on any atom is 0.345 e. The lowest BCUT2D eigenvalue weighted by Crippen LogP contribution is -2.45. The number of nitrogens with zero attached hydrogens (tertiary/aromatic N) is 2. The Balaban J connectivity index is 2.32. The minimum absolute atomic E-state index is 0.0498. The zero-order valence-electron chi connectivity index (χ0n) is 16.4. The number of aliphatic hydroxyl groups is 1. The molecule has 30 heavy (non-hydrogen) atoms. The first-order chi connectivity index (χ1) is 14.1. The molecule has 1 heterocycles. The molecular weight excluding hydrogens is 404 g/mol. The third-order valence-electron chi connectivity index (χ3n) is 5.13. The predicted molar refractivity (Wildman–Crippen MR) is 104 cm³/mol. The molecule has 1 saturated carbocycles. The van der Waals surface area contributed by atoms with E-state index in [1.807, 2.05) is 0 Å². The first kappa shape index (κ1) is 21.6. The Hall–Kier alpha value is -3.08. The number of aromatic nitrogens is 1. The Morgan fingerprint density at radius 1 is 1.47 bits per heavy atom. The van der Waals surface area contributed by atoms with E-state index in [9.17, 15) is 33.6 Å². The van der Waals surface area contributed by atoms with Crippen LogP contribution in [0.3, 0.4) is 0 Å². The van der Waals surface area contributed by atoms with Gasteiger partial charge in [0, 0.05) is 24.6 Å². The number of esters is 1. The minimum atomic E-state index is -3.54. The van der Waals surface area contributed by atoms with Gasteiger partial charge in [-0.05, 0) is 31.7 Å². The average molecular weight is 425 g/mol. The normalized spacial score (nSPS) is 15.1. The van der Waals surface area contributed by atoms with Crippen LogP contribution in [0.4, 0.5) is 20.2 Å². The molecule has 3 rings (SSSR count). The lowest BCUT2D eigenvalue weighted by molar-refractivity contribution is -0.384. The number of carbonyl (C=O) groups is 1. The van der Waals surface area contributed by atoms with Crippen molar-refractivity contribution in [2.45, 2.75) is 31.7 Å². The van der Waals surface area contributed by atoms with Gasteiger partial charge in [-0.1, -0.05) is 0 Å². The molecule has 1 aliphatic carbocycles. The molecule has 1 aromatic heterocycles. The standard InChI is InChI=1S/C19H21F2N3O6/c1-3-30-18(27)14-15(22-16(10-4-5-10)19(20,21)9-25)12-8-11(24(28)29)6-7-13(12)23(2)17(14)26/h6-8,10,16,22,25H,3-5,9H2,1-2H3/t16-/m0/s1. The molecule has 0 bridgehead atoms. The molecule has 0 saturated heterocycles. The lowest BCUT2D eigenvalue weighted by Gasteiger charge is -2.28. The first-order valence-electron chi connectivity index (χ1n) is 9.35. The molecule has 0 radical (unpaired) electrons. The van der Waals surface area contributed by atoms with E-state index < -0.39 is 46.5 Å². The summed E-state index contributed by atoms with van der Waals surface area (Å²) in [5.41, 5.74) is -1.70. The number of anilines is 1. The van der Waals surface area contributed by atoms with Crippen LogP contribution in [0.25, 0.3) is 10.9 Å². The van der Waals surface area contributed by atoms with Gasteiger partial charge in [-0.25, -0.2) is 13.6 Å².